The van der Waals surface area contributed by atoms with Crippen molar-refractivity contribution in [3.8, 4) is 55.6 Å². The van der Waals surface area contributed by atoms with Crippen molar-refractivity contribution in [2.75, 3.05) is 9.80 Å². The fourth-order valence-electron chi connectivity index (χ4n) is 9.25. The quantitative estimate of drug-likeness (QED) is 0.114. The average molecular weight is 883 g/mol. The van der Waals surface area contributed by atoms with Crippen LogP contribution in [0, 0.1) is 0 Å². The zero-order valence-electron chi connectivity index (χ0n) is 38.3. The van der Waals surface area contributed by atoms with Crippen LogP contribution < -0.4 is 9.80 Å². The van der Waals surface area contributed by atoms with E-state index in [1.807, 2.05) is 0 Å². The molecule has 0 aliphatic rings. The second kappa shape index (κ2) is 19.9. The standard InChI is InChI=1S/C67H50N2/c1-5-13-50(14-6-1)49-51-21-37-62(38-22-51)68(63-39-27-57(28-40-63)52-15-7-2-8-16-52)64-45-33-60(34-46-64)55-23-25-56(26-24-55)61-35-47-67(48-36-61)69(65-41-29-58(30-42-65)53-17-9-3-10-18-53)66-43-31-59(32-44-66)54-19-11-4-12-20-54/h1-48H,49H2. The summed E-state index contributed by atoms with van der Waals surface area (Å²) in [5, 5.41) is 0. The Balaban J connectivity index is 0.845. The number of rotatable bonds is 13. The van der Waals surface area contributed by atoms with E-state index < -0.39 is 0 Å². The Labute approximate surface area is 406 Å². The van der Waals surface area contributed by atoms with Crippen LogP contribution in [0.15, 0.2) is 291 Å². The van der Waals surface area contributed by atoms with Crippen LogP contribution in [0.1, 0.15) is 11.1 Å². The van der Waals surface area contributed by atoms with Gasteiger partial charge in [0.2, 0.25) is 0 Å². The van der Waals surface area contributed by atoms with E-state index in [9.17, 15) is 0 Å². The molecule has 0 amide bonds. The highest BCUT2D eigenvalue weighted by molar-refractivity contribution is 5.83. The number of hydrogen-bond donors (Lipinski definition) is 0. The van der Waals surface area contributed by atoms with Crippen molar-refractivity contribution in [3.05, 3.63) is 302 Å². The zero-order valence-corrected chi connectivity index (χ0v) is 38.3. The van der Waals surface area contributed by atoms with Gasteiger partial charge in [0.1, 0.15) is 0 Å². The van der Waals surface area contributed by atoms with Crippen LogP contribution in [0.5, 0.6) is 0 Å². The lowest BCUT2D eigenvalue weighted by Crippen LogP contribution is -2.10. The molecule has 0 heterocycles. The number of anilines is 6. The fraction of sp³-hybridized carbons (Fsp3) is 0.0149. The van der Waals surface area contributed by atoms with E-state index in [2.05, 4.69) is 301 Å². The first-order valence-electron chi connectivity index (χ1n) is 23.7. The van der Waals surface area contributed by atoms with Crippen molar-refractivity contribution in [1.29, 1.82) is 0 Å². The first-order chi connectivity index (χ1) is 34.2. The van der Waals surface area contributed by atoms with Gasteiger partial charge in [0.25, 0.3) is 0 Å². The minimum atomic E-state index is 0.903. The lowest BCUT2D eigenvalue weighted by Gasteiger charge is -2.26. The zero-order chi connectivity index (χ0) is 46.2. The van der Waals surface area contributed by atoms with Crippen molar-refractivity contribution >= 4 is 34.1 Å². The van der Waals surface area contributed by atoms with Crippen molar-refractivity contribution < 1.29 is 0 Å². The van der Waals surface area contributed by atoms with Crippen LogP contribution >= 0.6 is 0 Å². The second-order valence-electron chi connectivity index (χ2n) is 17.4. The average Bonchev–Trinajstić information content (AvgIpc) is 3.44. The maximum absolute atomic E-state index is 2.35. The molecular formula is C67H50N2. The molecule has 2 heteroatoms. The fourth-order valence-corrected chi connectivity index (χ4v) is 9.25. The molecule has 0 saturated carbocycles. The van der Waals surface area contributed by atoms with E-state index in [4.69, 9.17) is 0 Å². The molecule has 0 unspecified atom stereocenters. The summed E-state index contributed by atoms with van der Waals surface area (Å²) in [5.74, 6) is 0. The molecule has 0 spiro atoms. The van der Waals surface area contributed by atoms with Gasteiger partial charge in [-0.05, 0) is 146 Å². The summed E-state index contributed by atoms with van der Waals surface area (Å²) < 4.78 is 0. The first kappa shape index (κ1) is 42.6. The largest absolute Gasteiger partial charge is 0.311 e. The van der Waals surface area contributed by atoms with E-state index in [0.717, 1.165) is 40.5 Å². The van der Waals surface area contributed by atoms with Crippen molar-refractivity contribution in [3.63, 3.8) is 0 Å². The van der Waals surface area contributed by atoms with Gasteiger partial charge in [0.15, 0.2) is 0 Å². The Kier molecular flexibility index (Phi) is 12.3. The molecular weight excluding hydrogens is 833 g/mol. The monoisotopic (exact) mass is 882 g/mol. The minimum Gasteiger partial charge on any atom is -0.311 e. The summed E-state index contributed by atoms with van der Waals surface area (Å²) in [6, 6.07) is 105. The molecule has 11 aromatic carbocycles. The van der Waals surface area contributed by atoms with Crippen LogP contribution in [-0.4, -0.2) is 0 Å². The summed E-state index contributed by atoms with van der Waals surface area (Å²) in [4.78, 5) is 4.68. The smallest absolute Gasteiger partial charge is 0.0462 e. The van der Waals surface area contributed by atoms with Gasteiger partial charge in [0.05, 0.1) is 0 Å². The molecule has 11 aromatic rings. The Hall–Kier alpha value is -8.98. The Morgan fingerprint density at radius 2 is 0.333 bits per heavy atom. The highest BCUT2D eigenvalue weighted by Crippen LogP contribution is 2.40. The third kappa shape index (κ3) is 9.65. The van der Waals surface area contributed by atoms with E-state index in [1.165, 1.54) is 66.8 Å². The summed E-state index contributed by atoms with van der Waals surface area (Å²) in [5.41, 5.74) is 21.1. The SMILES string of the molecule is c1ccc(Cc2ccc(N(c3ccc(-c4ccccc4)cc3)c3ccc(-c4ccc(-c5ccc(N(c6ccc(-c7ccccc7)cc6)c6ccc(-c7ccccc7)cc6)cc5)cc4)cc3)cc2)cc1. The highest BCUT2D eigenvalue weighted by Gasteiger charge is 2.16. The molecule has 0 N–H and O–H groups in total. The molecule has 0 atom stereocenters. The number of nitrogens with zero attached hydrogens (tertiary/aromatic N) is 2. The highest BCUT2D eigenvalue weighted by atomic mass is 15.1. The molecule has 0 radical (unpaired) electrons. The maximum atomic E-state index is 2.35. The van der Waals surface area contributed by atoms with Gasteiger partial charge >= 0.3 is 0 Å². The summed E-state index contributed by atoms with van der Waals surface area (Å²) in [6.45, 7) is 0. The molecule has 328 valence electrons. The first-order valence-corrected chi connectivity index (χ1v) is 23.7. The van der Waals surface area contributed by atoms with Crippen molar-refractivity contribution in [2.24, 2.45) is 0 Å². The van der Waals surface area contributed by atoms with Gasteiger partial charge in [-0.15, -0.1) is 0 Å². The summed E-state index contributed by atoms with van der Waals surface area (Å²) >= 11 is 0. The predicted octanol–water partition coefficient (Wildman–Crippen LogP) is 18.6. The van der Waals surface area contributed by atoms with Crippen LogP contribution in [0.4, 0.5) is 34.1 Å². The summed E-state index contributed by atoms with van der Waals surface area (Å²) in [6.07, 6.45) is 0.903. The molecule has 11 rings (SSSR count). The Bertz CT molecular complexity index is 3270. The molecule has 2 nitrogen and oxygen atoms in total. The lowest BCUT2D eigenvalue weighted by molar-refractivity contribution is 1.18. The minimum absolute atomic E-state index is 0.903. The van der Waals surface area contributed by atoms with E-state index >= 15 is 0 Å². The van der Waals surface area contributed by atoms with Crippen LogP contribution in [0.2, 0.25) is 0 Å². The van der Waals surface area contributed by atoms with Gasteiger partial charge in [0, 0.05) is 34.1 Å². The van der Waals surface area contributed by atoms with Crippen LogP contribution in [0.25, 0.3) is 55.6 Å². The number of benzene rings is 11. The van der Waals surface area contributed by atoms with Gasteiger partial charge < -0.3 is 9.80 Å². The third-order valence-electron chi connectivity index (χ3n) is 12.9. The third-order valence-corrected chi connectivity index (χ3v) is 12.9. The Morgan fingerprint density at radius 3 is 0.580 bits per heavy atom. The van der Waals surface area contributed by atoms with E-state index in [1.54, 1.807) is 0 Å². The molecule has 69 heavy (non-hydrogen) atoms. The van der Waals surface area contributed by atoms with Crippen molar-refractivity contribution in [1.82, 2.24) is 0 Å². The van der Waals surface area contributed by atoms with Crippen LogP contribution in [0.3, 0.4) is 0 Å². The lowest BCUT2D eigenvalue weighted by atomic mass is 9.99. The topological polar surface area (TPSA) is 6.48 Å². The van der Waals surface area contributed by atoms with E-state index in [0.29, 0.717) is 0 Å². The van der Waals surface area contributed by atoms with Gasteiger partial charge in [-0.1, -0.05) is 218 Å². The van der Waals surface area contributed by atoms with Gasteiger partial charge in [-0.2, -0.15) is 0 Å². The van der Waals surface area contributed by atoms with E-state index in [-0.39, 0.29) is 0 Å². The molecule has 0 aromatic heterocycles. The summed E-state index contributed by atoms with van der Waals surface area (Å²) in [7, 11) is 0. The Morgan fingerprint density at radius 1 is 0.159 bits per heavy atom. The predicted molar refractivity (Wildman–Crippen MR) is 292 cm³/mol. The molecule has 0 aliphatic carbocycles. The number of hydrogen-bond acceptors (Lipinski definition) is 2. The normalized spacial score (nSPS) is 11.0. The molecule has 0 saturated heterocycles. The molecule has 0 aliphatic heterocycles. The van der Waals surface area contributed by atoms with Crippen LogP contribution in [-0.2, 0) is 6.42 Å². The molecule has 0 fully saturated rings. The second-order valence-corrected chi connectivity index (χ2v) is 17.4. The van der Waals surface area contributed by atoms with Gasteiger partial charge in [-0.25, -0.2) is 0 Å². The van der Waals surface area contributed by atoms with Gasteiger partial charge in [-0.3, -0.25) is 0 Å². The van der Waals surface area contributed by atoms with Crippen molar-refractivity contribution in [2.45, 2.75) is 6.42 Å². The molecule has 0 bridgehead atoms. The maximum Gasteiger partial charge on any atom is 0.0462 e.